The van der Waals surface area contributed by atoms with Crippen LogP contribution in [0.4, 0.5) is 0 Å². The van der Waals surface area contributed by atoms with Crippen LogP contribution in [0, 0.1) is 0 Å². The highest BCUT2D eigenvalue weighted by Gasteiger charge is 2.05. The van der Waals surface area contributed by atoms with Gasteiger partial charge in [-0.2, -0.15) is 0 Å². The number of thioether (sulfide) groups is 1. The molecule has 1 heterocycles. The van der Waals surface area contributed by atoms with E-state index in [1.54, 1.807) is 23.1 Å². The molecule has 0 unspecified atom stereocenters. The molecule has 0 bridgehead atoms. The number of rotatable bonds is 10. The van der Waals surface area contributed by atoms with Crippen LogP contribution in [0.2, 0.25) is 0 Å². The molecule has 0 aliphatic heterocycles. The molecule has 0 radical (unpaired) electrons. The molecule has 1 aromatic heterocycles. The van der Waals surface area contributed by atoms with Gasteiger partial charge in [-0.15, -0.1) is 23.1 Å². The molecular formula is C21H22N2O2S2. The van der Waals surface area contributed by atoms with Crippen molar-refractivity contribution in [3.8, 4) is 0 Å². The maximum Gasteiger partial charge on any atom is 0.251 e. The van der Waals surface area contributed by atoms with Gasteiger partial charge in [0.05, 0.1) is 17.8 Å². The molecule has 3 aromatic rings. The van der Waals surface area contributed by atoms with Gasteiger partial charge in [0, 0.05) is 34.7 Å². The summed E-state index contributed by atoms with van der Waals surface area (Å²) in [7, 11) is 0. The quantitative estimate of drug-likeness (QED) is 0.395. The normalized spacial score (nSPS) is 10.7. The molecule has 0 aliphatic carbocycles. The summed E-state index contributed by atoms with van der Waals surface area (Å²) >= 11 is 3.33. The Hall–Kier alpha value is -2.15. The first-order valence-corrected chi connectivity index (χ1v) is 10.7. The molecule has 1 N–H and O–H groups in total. The standard InChI is InChI=1S/C21H22N2O2S2/c24-21(22-11-4-12-25-13-17-5-2-1-3-6-17)18-7-9-20(10-8-18)27-15-19-14-26-16-23-19/h1-3,5-10,14,16H,4,11-13,15H2,(H,22,24). The largest absolute Gasteiger partial charge is 0.377 e. The molecule has 0 saturated carbocycles. The Morgan fingerprint density at radius 1 is 1.11 bits per heavy atom. The van der Waals surface area contributed by atoms with Gasteiger partial charge in [-0.1, -0.05) is 30.3 Å². The van der Waals surface area contributed by atoms with E-state index >= 15 is 0 Å². The molecule has 0 spiro atoms. The van der Waals surface area contributed by atoms with E-state index in [2.05, 4.69) is 15.7 Å². The van der Waals surface area contributed by atoms with Gasteiger partial charge in [-0.05, 0) is 36.2 Å². The highest BCUT2D eigenvalue weighted by atomic mass is 32.2. The highest BCUT2D eigenvalue weighted by Crippen LogP contribution is 2.22. The van der Waals surface area contributed by atoms with Crippen molar-refractivity contribution in [1.29, 1.82) is 0 Å². The Morgan fingerprint density at radius 3 is 2.67 bits per heavy atom. The molecule has 0 aliphatic rings. The predicted octanol–water partition coefficient (Wildman–Crippen LogP) is 4.77. The van der Waals surface area contributed by atoms with Crippen LogP contribution in [0.5, 0.6) is 0 Å². The van der Waals surface area contributed by atoms with Crippen molar-refractivity contribution < 1.29 is 9.53 Å². The number of carbonyl (C=O) groups is 1. The van der Waals surface area contributed by atoms with Gasteiger partial charge in [0.25, 0.3) is 5.91 Å². The zero-order valence-corrected chi connectivity index (χ0v) is 16.6. The molecule has 3 rings (SSSR count). The molecule has 0 saturated heterocycles. The highest BCUT2D eigenvalue weighted by molar-refractivity contribution is 7.98. The van der Waals surface area contributed by atoms with Crippen molar-refractivity contribution in [2.24, 2.45) is 0 Å². The van der Waals surface area contributed by atoms with E-state index in [0.717, 1.165) is 28.3 Å². The Bertz CT molecular complexity index is 806. The average molecular weight is 399 g/mol. The summed E-state index contributed by atoms with van der Waals surface area (Å²) in [6.45, 7) is 1.84. The number of aromatic nitrogens is 1. The smallest absolute Gasteiger partial charge is 0.251 e. The van der Waals surface area contributed by atoms with E-state index in [-0.39, 0.29) is 5.91 Å². The average Bonchev–Trinajstić information content (AvgIpc) is 3.24. The van der Waals surface area contributed by atoms with Crippen molar-refractivity contribution in [2.75, 3.05) is 13.2 Å². The van der Waals surface area contributed by atoms with E-state index in [9.17, 15) is 4.79 Å². The summed E-state index contributed by atoms with van der Waals surface area (Å²) in [5, 5.41) is 4.99. The van der Waals surface area contributed by atoms with Crippen LogP contribution < -0.4 is 5.32 Å². The second kappa shape index (κ2) is 10.9. The number of benzene rings is 2. The Kier molecular flexibility index (Phi) is 7.89. The van der Waals surface area contributed by atoms with Gasteiger partial charge in [0.1, 0.15) is 0 Å². The summed E-state index contributed by atoms with van der Waals surface area (Å²) in [5.74, 6) is 0.798. The third kappa shape index (κ3) is 6.82. The molecule has 1 amide bonds. The molecule has 0 atom stereocenters. The SMILES string of the molecule is O=C(NCCCOCc1ccccc1)c1ccc(SCc2cscn2)cc1. The van der Waals surface area contributed by atoms with Gasteiger partial charge in [-0.3, -0.25) is 4.79 Å². The minimum absolute atomic E-state index is 0.0471. The van der Waals surface area contributed by atoms with Gasteiger partial charge < -0.3 is 10.1 Å². The number of ether oxygens (including phenoxy) is 1. The first-order valence-electron chi connectivity index (χ1n) is 8.81. The number of hydrogen-bond donors (Lipinski definition) is 1. The van der Waals surface area contributed by atoms with Crippen LogP contribution >= 0.6 is 23.1 Å². The predicted molar refractivity (Wildman–Crippen MR) is 111 cm³/mol. The fourth-order valence-electron chi connectivity index (χ4n) is 2.41. The van der Waals surface area contributed by atoms with Crippen molar-refractivity contribution in [3.05, 3.63) is 82.3 Å². The minimum atomic E-state index is -0.0471. The van der Waals surface area contributed by atoms with E-state index in [1.807, 2.05) is 60.1 Å². The number of carbonyl (C=O) groups excluding carboxylic acids is 1. The topological polar surface area (TPSA) is 51.2 Å². The number of amides is 1. The first-order chi connectivity index (χ1) is 13.3. The fraction of sp³-hybridized carbons (Fsp3) is 0.238. The van der Waals surface area contributed by atoms with E-state index in [0.29, 0.717) is 25.3 Å². The van der Waals surface area contributed by atoms with Crippen molar-refractivity contribution in [2.45, 2.75) is 23.7 Å². The summed E-state index contributed by atoms with van der Waals surface area (Å²) < 4.78 is 5.62. The second-order valence-corrected chi connectivity index (χ2v) is 7.71. The molecule has 27 heavy (non-hydrogen) atoms. The molecule has 2 aromatic carbocycles. The third-order valence-electron chi connectivity index (χ3n) is 3.85. The lowest BCUT2D eigenvalue weighted by atomic mass is 10.2. The molecule has 140 valence electrons. The summed E-state index contributed by atoms with van der Waals surface area (Å²) in [6, 6.07) is 17.8. The van der Waals surface area contributed by atoms with Crippen LogP contribution in [0.15, 0.2) is 70.4 Å². The summed E-state index contributed by atoms with van der Waals surface area (Å²) in [6.07, 6.45) is 0.792. The van der Waals surface area contributed by atoms with Crippen molar-refractivity contribution >= 4 is 29.0 Å². The fourth-order valence-corrected chi connectivity index (χ4v) is 3.88. The van der Waals surface area contributed by atoms with Gasteiger partial charge in [0.2, 0.25) is 0 Å². The molecular weight excluding hydrogens is 376 g/mol. The number of thiazole rings is 1. The first kappa shape index (κ1) is 19.6. The lowest BCUT2D eigenvalue weighted by molar-refractivity contribution is 0.0934. The maximum atomic E-state index is 12.2. The van der Waals surface area contributed by atoms with E-state index in [4.69, 9.17) is 4.74 Å². The van der Waals surface area contributed by atoms with Crippen LogP contribution in [-0.4, -0.2) is 24.0 Å². The number of nitrogens with zero attached hydrogens (tertiary/aromatic N) is 1. The Morgan fingerprint density at radius 2 is 1.93 bits per heavy atom. The summed E-state index contributed by atoms with van der Waals surface area (Å²) in [5.41, 5.74) is 4.77. The van der Waals surface area contributed by atoms with Crippen molar-refractivity contribution in [3.63, 3.8) is 0 Å². The maximum absolute atomic E-state index is 12.2. The molecule has 0 fully saturated rings. The second-order valence-electron chi connectivity index (χ2n) is 5.94. The van der Waals surface area contributed by atoms with Gasteiger partial charge >= 0.3 is 0 Å². The monoisotopic (exact) mass is 398 g/mol. The zero-order chi connectivity index (χ0) is 18.7. The lowest BCUT2D eigenvalue weighted by Gasteiger charge is -2.07. The minimum Gasteiger partial charge on any atom is -0.377 e. The van der Waals surface area contributed by atoms with Crippen LogP contribution in [-0.2, 0) is 17.1 Å². The lowest BCUT2D eigenvalue weighted by Crippen LogP contribution is -2.25. The molecule has 4 nitrogen and oxygen atoms in total. The van der Waals surface area contributed by atoms with E-state index < -0.39 is 0 Å². The number of hydrogen-bond acceptors (Lipinski definition) is 5. The number of nitrogens with one attached hydrogen (secondary N) is 1. The molecule has 6 heteroatoms. The van der Waals surface area contributed by atoms with Crippen LogP contribution in [0.3, 0.4) is 0 Å². The van der Waals surface area contributed by atoms with Crippen LogP contribution in [0.25, 0.3) is 0 Å². The Balaban J connectivity index is 1.32. The third-order valence-corrected chi connectivity index (χ3v) is 5.53. The Labute approximate surface area is 168 Å². The zero-order valence-electron chi connectivity index (χ0n) is 15.0. The van der Waals surface area contributed by atoms with E-state index in [1.165, 1.54) is 0 Å². The van der Waals surface area contributed by atoms with Gasteiger partial charge in [-0.25, -0.2) is 4.98 Å². The van der Waals surface area contributed by atoms with Crippen LogP contribution in [0.1, 0.15) is 28.0 Å². The van der Waals surface area contributed by atoms with Crippen molar-refractivity contribution in [1.82, 2.24) is 10.3 Å². The summed E-state index contributed by atoms with van der Waals surface area (Å²) in [4.78, 5) is 17.6. The van der Waals surface area contributed by atoms with Gasteiger partial charge in [0.15, 0.2) is 0 Å².